The molecule has 1 aliphatic rings. The fraction of sp³-hybridized carbons (Fsp3) is 0.368. The van der Waals surface area contributed by atoms with Crippen molar-refractivity contribution in [3.63, 3.8) is 0 Å². The number of methoxy groups -OCH3 is 2. The Morgan fingerprint density at radius 3 is 2.28 bits per heavy atom. The topological polar surface area (TPSA) is 30.9 Å². The third kappa shape index (κ3) is 5.03. The van der Waals surface area contributed by atoms with Gasteiger partial charge in [-0.3, -0.25) is 4.90 Å². The summed E-state index contributed by atoms with van der Waals surface area (Å²) in [7, 11) is 3.36. The molecule has 0 aliphatic carbocycles. The highest BCUT2D eigenvalue weighted by Crippen LogP contribution is 2.33. The lowest BCUT2D eigenvalue weighted by atomic mass is 9.99. The van der Waals surface area contributed by atoms with Gasteiger partial charge < -0.3 is 14.2 Å². The Bertz CT molecular complexity index is 694. The Balaban J connectivity index is 0.00000225. The number of ether oxygens (including phenoxy) is 3. The zero-order chi connectivity index (χ0) is 16.9. The molecule has 4 nitrogen and oxygen atoms in total. The first-order valence-electron chi connectivity index (χ1n) is 8.04. The van der Waals surface area contributed by atoms with Gasteiger partial charge in [0.2, 0.25) is 0 Å². The summed E-state index contributed by atoms with van der Waals surface area (Å²) in [6, 6.07) is 12.1. The fourth-order valence-electron chi connectivity index (χ4n) is 2.96. The van der Waals surface area contributed by atoms with Crippen LogP contribution in [0.25, 0.3) is 0 Å². The van der Waals surface area contributed by atoms with Crippen LogP contribution in [0.15, 0.2) is 40.9 Å². The van der Waals surface area contributed by atoms with E-state index in [1.807, 2.05) is 24.3 Å². The van der Waals surface area contributed by atoms with Gasteiger partial charge in [-0.15, -0.1) is 12.4 Å². The van der Waals surface area contributed by atoms with Crippen molar-refractivity contribution in [1.82, 2.24) is 4.90 Å². The molecule has 0 bridgehead atoms. The van der Waals surface area contributed by atoms with Crippen LogP contribution < -0.4 is 14.2 Å². The molecule has 0 unspecified atom stereocenters. The van der Waals surface area contributed by atoms with E-state index >= 15 is 0 Å². The highest BCUT2D eigenvalue weighted by molar-refractivity contribution is 9.10. The number of benzene rings is 2. The molecule has 0 aromatic heterocycles. The van der Waals surface area contributed by atoms with Gasteiger partial charge in [0.25, 0.3) is 0 Å². The first-order chi connectivity index (χ1) is 11.7. The SMILES string of the molecule is COc1cc2c(cc1OC)CN(CCOc1ccc(Br)cc1)CC2.Cl. The Hall–Kier alpha value is -1.43. The minimum Gasteiger partial charge on any atom is -0.493 e. The number of halogens is 2. The summed E-state index contributed by atoms with van der Waals surface area (Å²) in [5.74, 6) is 2.51. The van der Waals surface area contributed by atoms with Crippen molar-refractivity contribution in [3.8, 4) is 17.2 Å². The summed E-state index contributed by atoms with van der Waals surface area (Å²) in [5, 5.41) is 0. The van der Waals surface area contributed by atoms with E-state index in [4.69, 9.17) is 14.2 Å². The van der Waals surface area contributed by atoms with E-state index in [0.29, 0.717) is 6.61 Å². The third-order valence-corrected chi connectivity index (χ3v) is 4.82. The molecule has 0 radical (unpaired) electrons. The monoisotopic (exact) mass is 427 g/mol. The molecule has 0 atom stereocenters. The van der Waals surface area contributed by atoms with E-state index in [-0.39, 0.29) is 12.4 Å². The van der Waals surface area contributed by atoms with E-state index in [0.717, 1.165) is 47.8 Å². The van der Waals surface area contributed by atoms with Crippen LogP contribution in [0.4, 0.5) is 0 Å². The van der Waals surface area contributed by atoms with Gasteiger partial charge in [0, 0.05) is 24.1 Å². The van der Waals surface area contributed by atoms with Crippen molar-refractivity contribution < 1.29 is 14.2 Å². The highest BCUT2D eigenvalue weighted by atomic mass is 79.9. The number of nitrogens with zero attached hydrogens (tertiary/aromatic N) is 1. The van der Waals surface area contributed by atoms with Gasteiger partial charge in [0.05, 0.1) is 14.2 Å². The Morgan fingerprint density at radius 2 is 1.64 bits per heavy atom. The van der Waals surface area contributed by atoms with Gasteiger partial charge in [0.1, 0.15) is 12.4 Å². The van der Waals surface area contributed by atoms with E-state index in [2.05, 4.69) is 33.0 Å². The van der Waals surface area contributed by atoms with Crippen LogP contribution in [0.2, 0.25) is 0 Å². The predicted molar refractivity (Wildman–Crippen MR) is 105 cm³/mol. The van der Waals surface area contributed by atoms with Crippen molar-refractivity contribution >= 4 is 28.3 Å². The second-order valence-electron chi connectivity index (χ2n) is 5.80. The molecule has 2 aromatic carbocycles. The zero-order valence-electron chi connectivity index (χ0n) is 14.5. The molecular weight excluding hydrogens is 406 g/mol. The average molecular weight is 429 g/mol. The molecule has 3 rings (SSSR count). The molecule has 0 fully saturated rings. The Kier molecular flexibility index (Phi) is 7.41. The summed E-state index contributed by atoms with van der Waals surface area (Å²) in [6.07, 6.45) is 1.02. The average Bonchev–Trinajstić information content (AvgIpc) is 2.62. The van der Waals surface area contributed by atoms with Gasteiger partial charge in [0.15, 0.2) is 11.5 Å². The highest BCUT2D eigenvalue weighted by Gasteiger charge is 2.19. The van der Waals surface area contributed by atoms with Crippen LogP contribution >= 0.6 is 28.3 Å². The molecule has 1 heterocycles. The zero-order valence-corrected chi connectivity index (χ0v) is 16.9. The molecule has 0 N–H and O–H groups in total. The van der Waals surface area contributed by atoms with Crippen LogP contribution in [0, 0.1) is 0 Å². The smallest absolute Gasteiger partial charge is 0.161 e. The number of rotatable bonds is 6. The summed E-state index contributed by atoms with van der Waals surface area (Å²) in [4.78, 5) is 2.41. The van der Waals surface area contributed by atoms with Gasteiger partial charge in [-0.1, -0.05) is 15.9 Å². The summed E-state index contributed by atoms with van der Waals surface area (Å²) in [6.45, 7) is 3.54. The summed E-state index contributed by atoms with van der Waals surface area (Å²) < 4.78 is 17.7. The van der Waals surface area contributed by atoms with Gasteiger partial charge in [-0.25, -0.2) is 0 Å². The molecular formula is C19H23BrClNO3. The molecule has 0 saturated carbocycles. The van der Waals surface area contributed by atoms with Crippen molar-refractivity contribution in [2.45, 2.75) is 13.0 Å². The van der Waals surface area contributed by atoms with Crippen molar-refractivity contribution in [3.05, 3.63) is 52.0 Å². The number of hydrogen-bond donors (Lipinski definition) is 0. The number of fused-ring (bicyclic) bond motifs is 1. The molecule has 0 amide bonds. The normalized spacial score (nSPS) is 13.6. The van der Waals surface area contributed by atoms with E-state index < -0.39 is 0 Å². The minimum atomic E-state index is 0. The standard InChI is InChI=1S/C19H22BrNO3.ClH/c1-22-18-11-14-7-8-21(13-15(14)12-19(18)23-2)9-10-24-17-5-3-16(20)4-6-17;/h3-6,11-12H,7-10,13H2,1-2H3;1H. The quantitative estimate of drug-likeness (QED) is 0.685. The van der Waals surface area contributed by atoms with E-state index in [1.54, 1.807) is 14.2 Å². The van der Waals surface area contributed by atoms with Crippen LogP contribution in [-0.2, 0) is 13.0 Å². The van der Waals surface area contributed by atoms with Crippen molar-refractivity contribution in [2.75, 3.05) is 33.9 Å². The van der Waals surface area contributed by atoms with Crippen LogP contribution in [0.5, 0.6) is 17.2 Å². The first-order valence-corrected chi connectivity index (χ1v) is 8.83. The number of hydrogen-bond acceptors (Lipinski definition) is 4. The summed E-state index contributed by atoms with van der Waals surface area (Å²) in [5.41, 5.74) is 2.65. The maximum atomic E-state index is 5.83. The largest absolute Gasteiger partial charge is 0.493 e. The summed E-state index contributed by atoms with van der Waals surface area (Å²) >= 11 is 3.43. The fourth-order valence-corrected chi connectivity index (χ4v) is 3.22. The van der Waals surface area contributed by atoms with Gasteiger partial charge in [-0.05, 0) is 53.9 Å². The third-order valence-electron chi connectivity index (χ3n) is 4.29. The second-order valence-corrected chi connectivity index (χ2v) is 6.72. The molecule has 2 aromatic rings. The molecule has 0 saturated heterocycles. The molecule has 0 spiro atoms. The van der Waals surface area contributed by atoms with Gasteiger partial charge >= 0.3 is 0 Å². The predicted octanol–water partition coefficient (Wildman–Crippen LogP) is 4.33. The molecule has 1 aliphatic heterocycles. The lowest BCUT2D eigenvalue weighted by molar-refractivity contribution is 0.196. The first kappa shape index (κ1) is 19.9. The maximum absolute atomic E-state index is 5.83. The Morgan fingerprint density at radius 1 is 1.00 bits per heavy atom. The molecule has 136 valence electrons. The minimum absolute atomic E-state index is 0. The van der Waals surface area contributed by atoms with Crippen LogP contribution in [0.1, 0.15) is 11.1 Å². The maximum Gasteiger partial charge on any atom is 0.161 e. The van der Waals surface area contributed by atoms with Crippen molar-refractivity contribution in [1.29, 1.82) is 0 Å². The molecule has 25 heavy (non-hydrogen) atoms. The van der Waals surface area contributed by atoms with E-state index in [1.165, 1.54) is 11.1 Å². The lowest BCUT2D eigenvalue weighted by Crippen LogP contribution is -2.33. The van der Waals surface area contributed by atoms with Gasteiger partial charge in [-0.2, -0.15) is 0 Å². The van der Waals surface area contributed by atoms with Crippen LogP contribution in [-0.4, -0.2) is 38.8 Å². The second kappa shape index (κ2) is 9.32. The molecule has 6 heteroatoms. The van der Waals surface area contributed by atoms with Crippen LogP contribution in [0.3, 0.4) is 0 Å². The van der Waals surface area contributed by atoms with E-state index in [9.17, 15) is 0 Å². The Labute approximate surface area is 163 Å². The van der Waals surface area contributed by atoms with Crippen molar-refractivity contribution in [2.24, 2.45) is 0 Å². The lowest BCUT2D eigenvalue weighted by Gasteiger charge is -2.29.